The molecule has 3 unspecified atom stereocenters. The fraction of sp³-hybridized carbons (Fsp3) is 0.594. The van der Waals surface area contributed by atoms with Crippen LogP contribution < -0.4 is 24.3 Å². The van der Waals surface area contributed by atoms with Crippen LogP contribution in [0.5, 0.6) is 23.0 Å². The number of carboxylic acid groups (broad SMARTS) is 1. The summed E-state index contributed by atoms with van der Waals surface area (Å²) in [5, 5.41) is 9.50. The second kappa shape index (κ2) is 20.5. The van der Waals surface area contributed by atoms with Crippen LogP contribution in [0.1, 0.15) is 95.5 Å². The fourth-order valence-corrected chi connectivity index (χ4v) is 6.40. The van der Waals surface area contributed by atoms with Crippen LogP contribution in [-0.4, -0.2) is 47.7 Å². The van der Waals surface area contributed by atoms with Gasteiger partial charge in [0, 0.05) is 23.3 Å². The molecule has 0 aliphatic carbocycles. The highest BCUT2D eigenvalue weighted by atomic mass is 32.2. The van der Waals surface area contributed by atoms with E-state index in [1.54, 1.807) is 30.3 Å². The first kappa shape index (κ1) is 36.8. The minimum Gasteiger partial charge on any atom is -0.497 e. The summed E-state index contributed by atoms with van der Waals surface area (Å²) < 4.78 is 35.3. The molecule has 9 nitrogen and oxygen atoms in total. The van der Waals surface area contributed by atoms with Gasteiger partial charge in [0.2, 0.25) is 0 Å². The molecule has 0 heterocycles. The molecule has 242 valence electrons. The summed E-state index contributed by atoms with van der Waals surface area (Å²) in [5.74, 6) is -0.727. The van der Waals surface area contributed by atoms with E-state index in [-0.39, 0.29) is 11.5 Å². The number of phosphoric acid groups is 1. The molecule has 0 spiro atoms. The highest BCUT2D eigenvalue weighted by Gasteiger charge is 2.32. The lowest BCUT2D eigenvalue weighted by Gasteiger charge is -2.24. The number of hydrogen-bond acceptors (Lipinski definition) is 8. The third-order valence-electron chi connectivity index (χ3n) is 7.22. The molecule has 3 atom stereocenters. The maximum absolute atomic E-state index is 13.2. The van der Waals surface area contributed by atoms with Gasteiger partial charge in [-0.1, -0.05) is 95.8 Å². The van der Waals surface area contributed by atoms with Gasteiger partial charge in [-0.25, -0.2) is 4.57 Å². The number of hydrogen-bond donors (Lipinski definition) is 3. The number of rotatable bonds is 24. The van der Waals surface area contributed by atoms with E-state index in [1.165, 1.54) is 88.8 Å². The van der Waals surface area contributed by atoms with Crippen LogP contribution in [0.25, 0.3) is 0 Å². The third-order valence-corrected chi connectivity index (χ3v) is 8.76. The number of phosphoric ester groups is 1. The Hall–Kier alpha value is -2.39. The predicted molar refractivity (Wildman–Crippen MR) is 174 cm³/mol. The number of ether oxygens (including phenoxy) is 2. The van der Waals surface area contributed by atoms with Crippen molar-refractivity contribution in [1.29, 1.82) is 0 Å². The maximum atomic E-state index is 13.2. The lowest BCUT2D eigenvalue weighted by Crippen LogP contribution is -2.37. The Bertz CT molecular complexity index is 1130. The van der Waals surface area contributed by atoms with Crippen molar-refractivity contribution in [3.63, 3.8) is 0 Å². The molecule has 0 aromatic heterocycles. The quantitative estimate of drug-likeness (QED) is 0.0761. The number of nitrogens with two attached hydrogens (primary N) is 1. The average molecular weight is 640 g/mol. The highest BCUT2D eigenvalue weighted by Crippen LogP contribution is 2.49. The molecule has 2 aromatic carbocycles. The van der Waals surface area contributed by atoms with Gasteiger partial charge in [0.1, 0.15) is 17.5 Å². The van der Waals surface area contributed by atoms with E-state index >= 15 is 0 Å². The minimum atomic E-state index is -4.74. The van der Waals surface area contributed by atoms with Gasteiger partial charge in [0.15, 0.2) is 11.5 Å². The molecule has 0 amide bonds. The van der Waals surface area contributed by atoms with E-state index in [2.05, 4.69) is 6.92 Å². The number of aliphatic carboxylic acids is 1. The largest absolute Gasteiger partial charge is 0.585 e. The summed E-state index contributed by atoms with van der Waals surface area (Å²) in [5.41, 5.74) is 6.35. The van der Waals surface area contributed by atoms with Gasteiger partial charge < -0.3 is 29.4 Å². The summed E-state index contributed by atoms with van der Waals surface area (Å²) >= 11 is 1.41. The van der Waals surface area contributed by atoms with Gasteiger partial charge in [-0.15, -0.1) is 0 Å². The molecular formula is C32H50NO8PS. The number of carboxylic acids is 1. The van der Waals surface area contributed by atoms with Gasteiger partial charge in [0.25, 0.3) is 0 Å². The van der Waals surface area contributed by atoms with Crippen molar-refractivity contribution in [3.8, 4) is 23.0 Å². The summed E-state index contributed by atoms with van der Waals surface area (Å²) in [6.45, 7) is 2.68. The molecule has 2 rings (SSSR count). The topological polar surface area (TPSA) is 138 Å². The van der Waals surface area contributed by atoms with Crippen LogP contribution in [0.15, 0.2) is 42.5 Å². The lowest BCUT2D eigenvalue weighted by molar-refractivity contribution is -0.138. The zero-order chi connectivity index (χ0) is 31.5. The number of benzene rings is 2. The number of carbonyl (C=O) groups is 1. The highest BCUT2D eigenvalue weighted by molar-refractivity contribution is 7.98. The van der Waals surface area contributed by atoms with E-state index in [1.807, 2.05) is 6.26 Å². The number of methoxy groups -OCH3 is 1. The molecule has 0 aliphatic rings. The van der Waals surface area contributed by atoms with Crippen molar-refractivity contribution in [3.05, 3.63) is 48.0 Å². The molecule has 0 radical (unpaired) electrons. The van der Waals surface area contributed by atoms with Crippen molar-refractivity contribution in [2.24, 2.45) is 5.73 Å². The molecule has 11 heteroatoms. The van der Waals surface area contributed by atoms with Gasteiger partial charge in [-0.3, -0.25) is 9.69 Å². The smallest absolute Gasteiger partial charge is 0.497 e. The van der Waals surface area contributed by atoms with Crippen LogP contribution in [-0.2, 0) is 9.36 Å². The Labute approximate surface area is 261 Å². The first-order valence-corrected chi connectivity index (χ1v) is 18.2. The van der Waals surface area contributed by atoms with E-state index in [9.17, 15) is 19.4 Å². The van der Waals surface area contributed by atoms with Crippen LogP contribution >= 0.6 is 19.6 Å². The summed E-state index contributed by atoms with van der Waals surface area (Å²) in [4.78, 5) is 22.4. The third kappa shape index (κ3) is 13.8. The first-order valence-electron chi connectivity index (χ1n) is 15.3. The van der Waals surface area contributed by atoms with Crippen molar-refractivity contribution in [2.75, 3.05) is 25.7 Å². The summed E-state index contributed by atoms with van der Waals surface area (Å²) in [7, 11) is -3.25. The molecule has 43 heavy (non-hydrogen) atoms. The summed E-state index contributed by atoms with van der Waals surface area (Å²) in [6, 6.07) is 9.98. The molecule has 0 fully saturated rings. The first-order chi connectivity index (χ1) is 20.7. The molecule has 0 saturated heterocycles. The van der Waals surface area contributed by atoms with E-state index in [4.69, 9.17) is 24.3 Å². The van der Waals surface area contributed by atoms with Crippen LogP contribution in [0, 0.1) is 0 Å². The predicted octanol–water partition coefficient (Wildman–Crippen LogP) is 8.19. The Morgan fingerprint density at radius 1 is 0.884 bits per heavy atom. The molecule has 4 N–H and O–H groups in total. The van der Waals surface area contributed by atoms with Crippen molar-refractivity contribution in [1.82, 2.24) is 0 Å². The van der Waals surface area contributed by atoms with Crippen molar-refractivity contribution >= 4 is 25.6 Å². The number of unbranched alkanes of at least 4 members (excludes halogenated alkanes) is 11. The molecule has 0 bridgehead atoms. The van der Waals surface area contributed by atoms with Crippen LogP contribution in [0.2, 0.25) is 0 Å². The Kier molecular flexibility index (Phi) is 17.6. The molecule has 2 aromatic rings. The fourth-order valence-electron chi connectivity index (χ4n) is 4.81. The zero-order valence-corrected chi connectivity index (χ0v) is 27.6. The molecular weight excluding hydrogens is 589 g/mol. The van der Waals surface area contributed by atoms with E-state index in [0.717, 1.165) is 19.3 Å². The Morgan fingerprint density at radius 3 is 2.05 bits per heavy atom. The average Bonchev–Trinajstić information content (AvgIpc) is 2.98. The standard InChI is InChI=1S/C32H50NO8PS/c1-4-5-6-7-8-9-10-11-12-13-14-17-22-39-29-21-20-25(38-2)23-30(29)41-42(36,37)40-28-19-16-15-18-26(28)27(24-43-3)31(33)32(34)35/h15-16,18-21,23,27,31H,4-14,17,22,24,33H2,1-3H3,(H,34,35)(H,36,37). The van der Waals surface area contributed by atoms with E-state index < -0.39 is 25.8 Å². The number of thioether (sulfide) groups is 1. The van der Waals surface area contributed by atoms with Gasteiger partial charge in [-0.2, -0.15) is 11.8 Å². The van der Waals surface area contributed by atoms with Gasteiger partial charge in [0.05, 0.1) is 13.7 Å². The second-order valence-corrected chi connectivity index (χ2v) is 12.9. The van der Waals surface area contributed by atoms with Gasteiger partial charge in [-0.05, 0) is 30.9 Å². The zero-order valence-electron chi connectivity index (χ0n) is 25.9. The molecule has 0 aliphatic heterocycles. The van der Waals surface area contributed by atoms with Crippen molar-refractivity contribution in [2.45, 2.75) is 95.9 Å². The summed E-state index contributed by atoms with van der Waals surface area (Å²) in [6.07, 6.45) is 16.7. The van der Waals surface area contributed by atoms with E-state index in [0.29, 0.717) is 29.4 Å². The lowest BCUT2D eigenvalue weighted by atomic mass is 9.93. The minimum absolute atomic E-state index is 0.00417. The van der Waals surface area contributed by atoms with Crippen LogP contribution in [0.3, 0.4) is 0 Å². The SMILES string of the molecule is CCCCCCCCCCCCCCOc1ccc(OC)cc1OP(=O)(O)Oc1ccccc1C(CSC)C(N)C(=O)O. The molecule has 0 saturated carbocycles. The van der Waals surface area contributed by atoms with Crippen LogP contribution in [0.4, 0.5) is 0 Å². The Balaban J connectivity index is 1.95. The Morgan fingerprint density at radius 2 is 1.47 bits per heavy atom. The van der Waals surface area contributed by atoms with Crippen molar-refractivity contribution < 1.29 is 37.9 Å². The van der Waals surface area contributed by atoms with Gasteiger partial charge >= 0.3 is 13.8 Å². The normalized spacial score (nSPS) is 14.0. The monoisotopic (exact) mass is 639 g/mol. The second-order valence-electron chi connectivity index (χ2n) is 10.7. The number of para-hydroxylation sites is 1. The maximum Gasteiger partial charge on any atom is 0.585 e.